The Morgan fingerprint density at radius 2 is 1.85 bits per heavy atom. The Morgan fingerprint density at radius 3 is 2.55 bits per heavy atom. The van der Waals surface area contributed by atoms with Gasteiger partial charge in [0.2, 0.25) is 0 Å². The average molecular weight is 389 g/mol. The Morgan fingerprint density at radius 1 is 1.10 bits per heavy atom. The third-order valence-corrected chi connectivity index (χ3v) is 3.73. The number of rotatable bonds is 1. The summed E-state index contributed by atoms with van der Waals surface area (Å²) in [5.41, 5.74) is 0.354. The monoisotopic (exact) mass is 389 g/mol. The maximum atomic E-state index is 13.0. The average Bonchev–Trinajstić information content (AvgIpc) is 2.83. The number of aromatic amines is 1. The molecular formula is C13H7F3IN3. The van der Waals surface area contributed by atoms with E-state index in [4.69, 9.17) is 0 Å². The molecule has 0 aliphatic heterocycles. The number of fused-ring (bicyclic) bond motifs is 1. The number of H-pyrrole nitrogens is 1. The van der Waals surface area contributed by atoms with E-state index >= 15 is 0 Å². The fourth-order valence-electron chi connectivity index (χ4n) is 1.94. The zero-order valence-corrected chi connectivity index (χ0v) is 12.0. The van der Waals surface area contributed by atoms with E-state index in [0.29, 0.717) is 11.2 Å². The number of nitrogens with zero attached hydrogens (tertiary/aromatic N) is 2. The zero-order chi connectivity index (χ0) is 14.3. The molecule has 0 saturated heterocycles. The van der Waals surface area contributed by atoms with Crippen LogP contribution in [-0.4, -0.2) is 15.0 Å². The molecule has 0 aliphatic rings. The lowest BCUT2D eigenvalue weighted by Gasteiger charge is -2.10. The minimum atomic E-state index is -4.42. The molecule has 0 bridgehead atoms. The topological polar surface area (TPSA) is 41.6 Å². The summed E-state index contributed by atoms with van der Waals surface area (Å²) in [5.74, 6) is 0.171. The lowest BCUT2D eigenvalue weighted by molar-refractivity contribution is -0.137. The van der Waals surface area contributed by atoms with Gasteiger partial charge in [-0.25, -0.2) is 9.97 Å². The number of imidazole rings is 1. The van der Waals surface area contributed by atoms with Crippen molar-refractivity contribution in [2.45, 2.75) is 6.18 Å². The number of benzene rings is 1. The maximum absolute atomic E-state index is 13.0. The van der Waals surface area contributed by atoms with Gasteiger partial charge in [0.25, 0.3) is 0 Å². The summed E-state index contributed by atoms with van der Waals surface area (Å²) in [6.45, 7) is 0. The molecule has 0 saturated carbocycles. The molecule has 1 aromatic carbocycles. The van der Waals surface area contributed by atoms with Crippen LogP contribution in [0.2, 0.25) is 0 Å². The molecule has 3 rings (SSSR count). The minimum Gasteiger partial charge on any atom is -0.336 e. The Balaban J connectivity index is 2.24. The Kier molecular flexibility index (Phi) is 3.15. The van der Waals surface area contributed by atoms with Gasteiger partial charge >= 0.3 is 6.18 Å². The molecule has 3 nitrogen and oxygen atoms in total. The van der Waals surface area contributed by atoms with Crippen molar-refractivity contribution in [3.8, 4) is 11.4 Å². The first kappa shape index (κ1) is 13.3. The zero-order valence-electron chi connectivity index (χ0n) is 9.87. The molecule has 0 spiro atoms. The summed E-state index contributed by atoms with van der Waals surface area (Å²) in [6.07, 6.45) is -2.85. The summed E-state index contributed by atoms with van der Waals surface area (Å²) in [4.78, 5) is 11.1. The Labute approximate surface area is 125 Å². The van der Waals surface area contributed by atoms with Gasteiger partial charge in [0.15, 0.2) is 5.65 Å². The van der Waals surface area contributed by atoms with Crippen LogP contribution >= 0.6 is 22.6 Å². The van der Waals surface area contributed by atoms with Crippen molar-refractivity contribution in [2.24, 2.45) is 0 Å². The number of nitrogens with one attached hydrogen (secondary N) is 1. The first-order valence-corrected chi connectivity index (χ1v) is 6.71. The van der Waals surface area contributed by atoms with Gasteiger partial charge in [-0.1, -0.05) is 18.2 Å². The first-order chi connectivity index (χ1) is 9.47. The highest BCUT2D eigenvalue weighted by molar-refractivity contribution is 14.1. The van der Waals surface area contributed by atoms with Gasteiger partial charge in [-0.3, -0.25) is 0 Å². The standard InChI is InChI=1S/C13H7F3IN3/c14-13(15,16)8-4-2-1-3-7(8)11-19-10-9(17)5-6-18-12(10)20-11/h1-6H,(H,18,19,20). The highest BCUT2D eigenvalue weighted by Gasteiger charge is 2.34. The molecule has 102 valence electrons. The van der Waals surface area contributed by atoms with Crippen LogP contribution in [-0.2, 0) is 6.18 Å². The fraction of sp³-hybridized carbons (Fsp3) is 0.0769. The largest absolute Gasteiger partial charge is 0.417 e. The van der Waals surface area contributed by atoms with E-state index in [1.54, 1.807) is 18.3 Å². The van der Waals surface area contributed by atoms with Crippen LogP contribution < -0.4 is 0 Å². The van der Waals surface area contributed by atoms with Crippen LogP contribution in [0.5, 0.6) is 0 Å². The summed E-state index contributed by atoms with van der Waals surface area (Å²) in [7, 11) is 0. The fourth-order valence-corrected chi connectivity index (χ4v) is 2.48. The van der Waals surface area contributed by atoms with Crippen molar-refractivity contribution in [3.05, 3.63) is 45.7 Å². The highest BCUT2D eigenvalue weighted by Crippen LogP contribution is 2.36. The predicted molar refractivity (Wildman–Crippen MR) is 77.0 cm³/mol. The van der Waals surface area contributed by atoms with E-state index in [9.17, 15) is 13.2 Å². The molecule has 2 heterocycles. The molecule has 20 heavy (non-hydrogen) atoms. The highest BCUT2D eigenvalue weighted by atomic mass is 127. The number of alkyl halides is 3. The molecular weight excluding hydrogens is 382 g/mol. The number of pyridine rings is 1. The van der Waals surface area contributed by atoms with Gasteiger partial charge in [0, 0.05) is 15.3 Å². The Hall–Kier alpha value is -1.64. The third kappa shape index (κ3) is 2.26. The molecule has 1 N–H and O–H groups in total. The minimum absolute atomic E-state index is 0.0220. The second-order valence-corrected chi connectivity index (χ2v) is 5.28. The van der Waals surface area contributed by atoms with E-state index in [-0.39, 0.29) is 11.4 Å². The SMILES string of the molecule is FC(F)(F)c1ccccc1-c1nc2nccc(I)c2[nH]1. The second kappa shape index (κ2) is 4.72. The van der Waals surface area contributed by atoms with Crippen molar-refractivity contribution in [2.75, 3.05) is 0 Å². The van der Waals surface area contributed by atoms with Crippen molar-refractivity contribution in [1.29, 1.82) is 0 Å². The predicted octanol–water partition coefficient (Wildman–Crippen LogP) is 4.25. The molecule has 0 fully saturated rings. The molecule has 3 aromatic rings. The van der Waals surface area contributed by atoms with E-state index < -0.39 is 11.7 Å². The van der Waals surface area contributed by atoms with Crippen molar-refractivity contribution >= 4 is 33.8 Å². The number of hydrogen-bond donors (Lipinski definition) is 1. The van der Waals surface area contributed by atoms with Gasteiger partial charge in [-0.05, 0) is 34.7 Å². The van der Waals surface area contributed by atoms with Crippen LogP contribution in [0.25, 0.3) is 22.6 Å². The van der Waals surface area contributed by atoms with Gasteiger partial charge in [-0.2, -0.15) is 13.2 Å². The summed E-state index contributed by atoms with van der Waals surface area (Å²) in [6, 6.07) is 7.11. The van der Waals surface area contributed by atoms with Crippen molar-refractivity contribution < 1.29 is 13.2 Å². The molecule has 0 aliphatic carbocycles. The first-order valence-electron chi connectivity index (χ1n) is 5.63. The third-order valence-electron chi connectivity index (χ3n) is 2.83. The smallest absolute Gasteiger partial charge is 0.336 e. The summed E-state index contributed by atoms with van der Waals surface area (Å²) < 4.78 is 39.9. The van der Waals surface area contributed by atoms with Crippen LogP contribution in [0.1, 0.15) is 5.56 Å². The van der Waals surface area contributed by atoms with E-state index in [1.165, 1.54) is 12.1 Å². The summed E-state index contributed by atoms with van der Waals surface area (Å²) in [5, 5.41) is 0. The van der Waals surface area contributed by atoms with E-state index in [1.807, 2.05) is 0 Å². The van der Waals surface area contributed by atoms with Crippen LogP contribution in [0.3, 0.4) is 0 Å². The molecule has 0 atom stereocenters. The lowest BCUT2D eigenvalue weighted by Crippen LogP contribution is -2.07. The van der Waals surface area contributed by atoms with Gasteiger partial charge in [0.05, 0.1) is 11.1 Å². The number of hydrogen-bond acceptors (Lipinski definition) is 2. The summed E-state index contributed by atoms with van der Waals surface area (Å²) >= 11 is 2.08. The molecule has 0 unspecified atom stereocenters. The number of aromatic nitrogens is 3. The van der Waals surface area contributed by atoms with Gasteiger partial charge < -0.3 is 4.98 Å². The van der Waals surface area contributed by atoms with Gasteiger partial charge in [0.1, 0.15) is 5.82 Å². The van der Waals surface area contributed by atoms with Crippen LogP contribution in [0.4, 0.5) is 13.2 Å². The quantitative estimate of drug-likeness (QED) is 0.633. The molecule has 7 heteroatoms. The van der Waals surface area contributed by atoms with E-state index in [2.05, 4.69) is 37.5 Å². The van der Waals surface area contributed by atoms with Crippen LogP contribution in [0, 0.1) is 3.57 Å². The van der Waals surface area contributed by atoms with E-state index in [0.717, 1.165) is 9.64 Å². The Bertz CT molecular complexity index is 780. The normalized spacial score (nSPS) is 12.0. The van der Waals surface area contributed by atoms with Crippen molar-refractivity contribution in [1.82, 2.24) is 15.0 Å². The number of halogens is 4. The van der Waals surface area contributed by atoms with Crippen molar-refractivity contribution in [3.63, 3.8) is 0 Å². The second-order valence-electron chi connectivity index (χ2n) is 4.12. The lowest BCUT2D eigenvalue weighted by atomic mass is 10.1. The van der Waals surface area contributed by atoms with Crippen LogP contribution in [0.15, 0.2) is 36.5 Å². The molecule has 2 aromatic heterocycles. The molecule has 0 radical (unpaired) electrons. The maximum Gasteiger partial charge on any atom is 0.417 e. The van der Waals surface area contributed by atoms with Gasteiger partial charge in [-0.15, -0.1) is 0 Å². The molecule has 0 amide bonds.